The van der Waals surface area contributed by atoms with E-state index in [9.17, 15) is 25.5 Å². The summed E-state index contributed by atoms with van der Waals surface area (Å²) >= 11 is 0. The maximum Gasteiger partial charge on any atom is 0.288 e. The van der Waals surface area contributed by atoms with Gasteiger partial charge in [-0.2, -0.15) is 5.10 Å². The van der Waals surface area contributed by atoms with Gasteiger partial charge < -0.3 is 39.7 Å². The highest BCUT2D eigenvalue weighted by Crippen LogP contribution is 2.37. The van der Waals surface area contributed by atoms with Crippen LogP contribution in [0, 0.1) is 6.92 Å². The van der Waals surface area contributed by atoms with Gasteiger partial charge in [0.25, 0.3) is 5.79 Å². The third kappa shape index (κ3) is 3.92. The number of fused-ring (bicyclic) bond motifs is 2. The predicted molar refractivity (Wildman–Crippen MR) is 119 cm³/mol. The molecular formula is C24H28N2O8. The van der Waals surface area contributed by atoms with Crippen molar-refractivity contribution in [2.45, 2.75) is 56.6 Å². The SMILES string of the molecule is Cc1cc(O[C@]2(O)[C@@H](O)O[C@H](CO)[C@@H](O)[C@@H]2O)c2c(CCc3ccc4c(c3)CCO4)[nH]nc2c1. The molecule has 0 unspecified atom stereocenters. The van der Waals surface area contributed by atoms with Gasteiger partial charge in [0.2, 0.25) is 6.29 Å². The number of aliphatic hydroxyl groups is 5. The van der Waals surface area contributed by atoms with Gasteiger partial charge in [-0.3, -0.25) is 5.10 Å². The van der Waals surface area contributed by atoms with E-state index in [-0.39, 0.29) is 5.75 Å². The van der Waals surface area contributed by atoms with Gasteiger partial charge in [0.15, 0.2) is 6.10 Å². The van der Waals surface area contributed by atoms with E-state index in [1.54, 1.807) is 6.07 Å². The molecule has 0 saturated carbocycles. The Morgan fingerprint density at radius 1 is 1.18 bits per heavy atom. The van der Waals surface area contributed by atoms with Crippen molar-refractivity contribution in [1.29, 1.82) is 0 Å². The number of rotatable bonds is 6. The molecule has 10 nitrogen and oxygen atoms in total. The number of aromatic amines is 1. The lowest BCUT2D eigenvalue weighted by Crippen LogP contribution is -2.69. The zero-order valence-electron chi connectivity index (χ0n) is 18.6. The molecule has 0 bridgehead atoms. The second kappa shape index (κ2) is 8.81. The van der Waals surface area contributed by atoms with Crippen LogP contribution in [-0.2, 0) is 24.0 Å². The second-order valence-corrected chi connectivity index (χ2v) is 8.90. The molecule has 5 rings (SSSR count). The Balaban J connectivity index is 1.44. The quantitative estimate of drug-likeness (QED) is 0.274. The van der Waals surface area contributed by atoms with Crippen LogP contribution in [0.3, 0.4) is 0 Å². The zero-order chi connectivity index (χ0) is 24.0. The Morgan fingerprint density at radius 2 is 2.00 bits per heavy atom. The number of aliphatic hydroxyl groups excluding tert-OH is 4. The first-order chi connectivity index (χ1) is 16.3. The molecule has 1 aromatic heterocycles. The highest BCUT2D eigenvalue weighted by molar-refractivity contribution is 5.88. The topological polar surface area (TPSA) is 158 Å². The van der Waals surface area contributed by atoms with Crippen LogP contribution >= 0.6 is 0 Å². The molecule has 182 valence electrons. The van der Waals surface area contributed by atoms with E-state index < -0.39 is 37.0 Å². The van der Waals surface area contributed by atoms with Crippen molar-refractivity contribution in [2.75, 3.05) is 13.2 Å². The standard InChI is InChI=1S/C24H28N2O8/c1-12-8-16-20(15(25-26-16)4-2-13-3-5-17-14(10-13)6-7-32-17)18(9-12)34-24(31)22(29)21(28)19(11-27)33-23(24)30/h3,5,8-10,19,21-23,27-31H,2,4,6-7,11H2,1H3,(H,25,26)/t19-,21-,22+,23+,24+/m1/s1. The lowest BCUT2D eigenvalue weighted by atomic mass is 9.95. The Bertz CT molecular complexity index is 1200. The summed E-state index contributed by atoms with van der Waals surface area (Å²) in [4.78, 5) is 0. The van der Waals surface area contributed by atoms with Gasteiger partial charge in [-0.25, -0.2) is 0 Å². The average molecular weight is 472 g/mol. The number of aromatic nitrogens is 2. The van der Waals surface area contributed by atoms with Crippen LogP contribution in [0.4, 0.5) is 0 Å². The first kappa shape index (κ1) is 23.0. The average Bonchev–Trinajstić information content (AvgIpc) is 3.45. The van der Waals surface area contributed by atoms with Gasteiger partial charge in [-0.15, -0.1) is 0 Å². The third-order valence-corrected chi connectivity index (χ3v) is 6.50. The summed E-state index contributed by atoms with van der Waals surface area (Å²) in [5.41, 5.74) is 4.45. The second-order valence-electron chi connectivity index (χ2n) is 8.90. The molecule has 3 aromatic rings. The third-order valence-electron chi connectivity index (χ3n) is 6.50. The van der Waals surface area contributed by atoms with Gasteiger partial charge >= 0.3 is 0 Å². The summed E-state index contributed by atoms with van der Waals surface area (Å²) in [6.45, 7) is 1.86. The minimum absolute atomic E-state index is 0.167. The van der Waals surface area contributed by atoms with E-state index in [4.69, 9.17) is 14.2 Å². The molecule has 2 aromatic carbocycles. The molecule has 0 radical (unpaired) electrons. The molecule has 10 heteroatoms. The van der Waals surface area contributed by atoms with Crippen LogP contribution in [0.15, 0.2) is 30.3 Å². The summed E-state index contributed by atoms with van der Waals surface area (Å²) in [6, 6.07) is 9.64. The maximum atomic E-state index is 11.0. The summed E-state index contributed by atoms with van der Waals surface area (Å²) in [5, 5.41) is 59.3. The lowest BCUT2D eigenvalue weighted by Gasteiger charge is -2.45. The molecule has 5 atom stereocenters. The Morgan fingerprint density at radius 3 is 2.79 bits per heavy atom. The van der Waals surface area contributed by atoms with Crippen molar-refractivity contribution in [3.05, 3.63) is 52.7 Å². The maximum absolute atomic E-state index is 11.0. The normalized spacial score (nSPS) is 28.6. The fourth-order valence-corrected chi connectivity index (χ4v) is 4.61. The monoisotopic (exact) mass is 472 g/mol. The van der Waals surface area contributed by atoms with Crippen LogP contribution in [0.25, 0.3) is 10.9 Å². The number of nitrogens with zero attached hydrogens (tertiary/aromatic N) is 1. The molecule has 0 aliphatic carbocycles. The summed E-state index contributed by atoms with van der Waals surface area (Å²) in [6.07, 6.45) is -4.70. The van der Waals surface area contributed by atoms with Crippen LogP contribution in [0.5, 0.6) is 11.5 Å². The molecule has 2 aliphatic heterocycles. The van der Waals surface area contributed by atoms with E-state index in [2.05, 4.69) is 16.3 Å². The smallest absolute Gasteiger partial charge is 0.288 e. The van der Waals surface area contributed by atoms with Crippen LogP contribution in [-0.4, -0.2) is 79.3 Å². The van der Waals surface area contributed by atoms with E-state index in [0.717, 1.165) is 29.0 Å². The van der Waals surface area contributed by atoms with Crippen LogP contribution in [0.2, 0.25) is 0 Å². The number of hydrogen-bond donors (Lipinski definition) is 6. The number of ether oxygens (including phenoxy) is 3. The number of benzene rings is 2. The van der Waals surface area contributed by atoms with Crippen molar-refractivity contribution >= 4 is 10.9 Å². The molecular weight excluding hydrogens is 444 g/mol. The Labute approximate surface area is 195 Å². The molecule has 0 amide bonds. The summed E-state index contributed by atoms with van der Waals surface area (Å²) < 4.78 is 16.4. The number of nitrogens with one attached hydrogen (secondary N) is 1. The van der Waals surface area contributed by atoms with Gasteiger partial charge in [-0.1, -0.05) is 12.1 Å². The van der Waals surface area contributed by atoms with Crippen LogP contribution < -0.4 is 9.47 Å². The minimum atomic E-state index is -2.67. The highest BCUT2D eigenvalue weighted by Gasteiger charge is 2.57. The van der Waals surface area contributed by atoms with Crippen molar-refractivity contribution in [3.8, 4) is 11.5 Å². The van der Waals surface area contributed by atoms with Crippen molar-refractivity contribution in [2.24, 2.45) is 0 Å². The molecule has 1 fully saturated rings. The predicted octanol–water partition coefficient (Wildman–Crippen LogP) is 0.0901. The molecule has 0 spiro atoms. The number of aryl methyl sites for hydroxylation is 3. The molecule has 1 saturated heterocycles. The number of hydrogen-bond acceptors (Lipinski definition) is 9. The molecule has 34 heavy (non-hydrogen) atoms. The molecule has 6 N–H and O–H groups in total. The first-order valence-corrected chi connectivity index (χ1v) is 11.2. The minimum Gasteiger partial charge on any atom is -0.493 e. The molecule has 3 heterocycles. The lowest BCUT2D eigenvalue weighted by molar-refractivity contribution is -0.385. The Hall–Kier alpha value is -2.73. The number of H-pyrrole nitrogens is 1. The fourth-order valence-electron chi connectivity index (χ4n) is 4.61. The molecule has 2 aliphatic rings. The Kier molecular flexibility index (Phi) is 5.96. The summed E-state index contributed by atoms with van der Waals surface area (Å²) in [5.74, 6) is -1.58. The summed E-state index contributed by atoms with van der Waals surface area (Å²) in [7, 11) is 0. The fraction of sp³-hybridized carbons (Fsp3) is 0.458. The van der Waals surface area contributed by atoms with Gasteiger partial charge in [0.05, 0.1) is 24.1 Å². The zero-order valence-corrected chi connectivity index (χ0v) is 18.6. The van der Waals surface area contributed by atoms with Gasteiger partial charge in [-0.05, 0) is 54.7 Å². The van der Waals surface area contributed by atoms with E-state index in [1.165, 1.54) is 5.56 Å². The van der Waals surface area contributed by atoms with Crippen molar-refractivity contribution in [1.82, 2.24) is 10.2 Å². The van der Waals surface area contributed by atoms with E-state index in [0.29, 0.717) is 30.4 Å². The van der Waals surface area contributed by atoms with Crippen molar-refractivity contribution < 1.29 is 39.7 Å². The highest BCUT2D eigenvalue weighted by atomic mass is 16.7. The van der Waals surface area contributed by atoms with Gasteiger partial charge in [0, 0.05) is 12.1 Å². The van der Waals surface area contributed by atoms with E-state index >= 15 is 0 Å². The van der Waals surface area contributed by atoms with Gasteiger partial charge in [0.1, 0.15) is 23.7 Å². The first-order valence-electron chi connectivity index (χ1n) is 11.2. The van der Waals surface area contributed by atoms with Crippen LogP contribution in [0.1, 0.15) is 22.4 Å². The van der Waals surface area contributed by atoms with Crippen molar-refractivity contribution in [3.63, 3.8) is 0 Å². The largest absolute Gasteiger partial charge is 0.493 e. The van der Waals surface area contributed by atoms with E-state index in [1.807, 2.05) is 25.1 Å².